The summed E-state index contributed by atoms with van der Waals surface area (Å²) in [4.78, 5) is 10.9. The smallest absolute Gasteiger partial charge is 0.164 e. The van der Waals surface area contributed by atoms with Gasteiger partial charge in [0.2, 0.25) is 0 Å². The molecule has 2 aliphatic carbocycles. The fraction of sp³-hybridized carbons (Fsp3) is 0.857. The van der Waals surface area contributed by atoms with Gasteiger partial charge < -0.3 is 5.11 Å². The average molecular weight is 126 g/mol. The highest BCUT2D eigenvalue weighted by Gasteiger charge is 2.45. The van der Waals surface area contributed by atoms with Gasteiger partial charge in [0.05, 0.1) is 0 Å². The fourth-order valence-corrected chi connectivity index (χ4v) is 2.04. The molecule has 0 unspecified atom stereocenters. The highest BCUT2D eigenvalue weighted by Crippen LogP contribution is 2.41. The molecule has 9 heavy (non-hydrogen) atoms. The largest absolute Gasteiger partial charge is 0.385 e. The van der Waals surface area contributed by atoms with Crippen molar-refractivity contribution in [3.8, 4) is 0 Å². The lowest BCUT2D eigenvalue weighted by Gasteiger charge is -2.13. The van der Waals surface area contributed by atoms with Gasteiger partial charge in [0, 0.05) is 5.92 Å². The van der Waals surface area contributed by atoms with Gasteiger partial charge in [-0.3, -0.25) is 4.79 Å². The van der Waals surface area contributed by atoms with E-state index in [0.29, 0.717) is 5.92 Å². The van der Waals surface area contributed by atoms with E-state index in [1.54, 1.807) is 0 Å². The number of hydrogen-bond donors (Lipinski definition) is 1. The molecule has 1 N–H and O–H groups in total. The summed E-state index contributed by atoms with van der Waals surface area (Å²) in [5, 5.41) is 9.14. The molecule has 0 aliphatic heterocycles. The van der Waals surface area contributed by atoms with Crippen LogP contribution in [-0.2, 0) is 4.79 Å². The molecule has 2 saturated carbocycles. The monoisotopic (exact) mass is 126 g/mol. The van der Waals surface area contributed by atoms with Crippen LogP contribution < -0.4 is 0 Å². The standard InChI is InChI=1S/C7H10O2/c8-6-4-1-2-5(3-4)7(6)9/h4-6,8H,1-3H2/t4-,5-,6+/m0/s1. The third-order valence-electron chi connectivity index (χ3n) is 2.61. The summed E-state index contributed by atoms with van der Waals surface area (Å²) >= 11 is 0. The molecule has 3 atom stereocenters. The number of rotatable bonds is 0. The second-order valence-corrected chi connectivity index (χ2v) is 3.12. The van der Waals surface area contributed by atoms with Crippen LogP contribution in [0.25, 0.3) is 0 Å². The Labute approximate surface area is 53.9 Å². The number of hydrogen-bond acceptors (Lipinski definition) is 2. The predicted octanol–water partition coefficient (Wildman–Crippen LogP) is 0.346. The molecule has 0 heterocycles. The zero-order valence-corrected chi connectivity index (χ0v) is 5.21. The minimum absolute atomic E-state index is 0.103. The van der Waals surface area contributed by atoms with E-state index in [9.17, 15) is 4.79 Å². The second-order valence-electron chi connectivity index (χ2n) is 3.12. The third kappa shape index (κ3) is 0.568. The maximum Gasteiger partial charge on any atom is 0.164 e. The van der Waals surface area contributed by atoms with Crippen molar-refractivity contribution in [3.05, 3.63) is 0 Å². The van der Waals surface area contributed by atoms with Crippen LogP contribution in [0.1, 0.15) is 19.3 Å². The lowest BCUT2D eigenvalue weighted by molar-refractivity contribution is -0.130. The Balaban J connectivity index is 2.25. The highest BCUT2D eigenvalue weighted by molar-refractivity contribution is 5.88. The van der Waals surface area contributed by atoms with Crippen LogP contribution in [0.15, 0.2) is 0 Å². The fourth-order valence-electron chi connectivity index (χ4n) is 2.04. The molecule has 0 aromatic carbocycles. The van der Waals surface area contributed by atoms with E-state index < -0.39 is 6.10 Å². The molecule has 2 fully saturated rings. The van der Waals surface area contributed by atoms with Crippen LogP contribution in [0.2, 0.25) is 0 Å². The van der Waals surface area contributed by atoms with E-state index in [0.717, 1.165) is 19.3 Å². The molecule has 2 nitrogen and oxygen atoms in total. The van der Waals surface area contributed by atoms with Crippen LogP contribution in [0, 0.1) is 11.8 Å². The molecule has 2 heteroatoms. The van der Waals surface area contributed by atoms with Crippen LogP contribution in [0.3, 0.4) is 0 Å². The number of Topliss-reactive ketones (excluding diaryl/α,β-unsaturated/α-hetero) is 1. The number of carbonyl (C=O) groups excluding carboxylic acids is 1. The quantitative estimate of drug-likeness (QED) is 0.508. The molecule has 0 aromatic rings. The van der Waals surface area contributed by atoms with Crippen molar-refractivity contribution in [3.63, 3.8) is 0 Å². The molecule has 0 saturated heterocycles. The van der Waals surface area contributed by atoms with Gasteiger partial charge in [-0.1, -0.05) is 0 Å². The molecule has 0 aromatic heterocycles. The lowest BCUT2D eigenvalue weighted by atomic mass is 9.97. The maximum atomic E-state index is 10.9. The summed E-state index contributed by atoms with van der Waals surface area (Å²) in [6.45, 7) is 0. The molecule has 2 aliphatic rings. The number of carbonyl (C=O) groups is 1. The van der Waals surface area contributed by atoms with Gasteiger partial charge in [0.15, 0.2) is 5.78 Å². The predicted molar refractivity (Wildman–Crippen MR) is 31.8 cm³/mol. The van der Waals surface area contributed by atoms with Crippen molar-refractivity contribution in [2.75, 3.05) is 0 Å². The van der Waals surface area contributed by atoms with Gasteiger partial charge in [-0.05, 0) is 25.2 Å². The van der Waals surface area contributed by atoms with Crippen molar-refractivity contribution in [1.29, 1.82) is 0 Å². The first-order valence-electron chi connectivity index (χ1n) is 3.51. The zero-order valence-electron chi connectivity index (χ0n) is 5.21. The Kier molecular flexibility index (Phi) is 0.943. The van der Waals surface area contributed by atoms with E-state index in [2.05, 4.69) is 0 Å². The van der Waals surface area contributed by atoms with Gasteiger partial charge >= 0.3 is 0 Å². The Hall–Kier alpha value is -0.370. The van der Waals surface area contributed by atoms with Gasteiger partial charge in [0.1, 0.15) is 6.10 Å². The van der Waals surface area contributed by atoms with Crippen molar-refractivity contribution in [2.45, 2.75) is 25.4 Å². The van der Waals surface area contributed by atoms with Crippen LogP contribution >= 0.6 is 0 Å². The molecule has 0 amide bonds. The Bertz CT molecular complexity index is 149. The molecular formula is C7H10O2. The zero-order chi connectivity index (χ0) is 6.43. The average Bonchev–Trinajstić information content (AvgIpc) is 2.37. The first-order chi connectivity index (χ1) is 4.29. The van der Waals surface area contributed by atoms with E-state index in [4.69, 9.17) is 5.11 Å². The van der Waals surface area contributed by atoms with Gasteiger partial charge in [-0.15, -0.1) is 0 Å². The van der Waals surface area contributed by atoms with Crippen molar-refractivity contribution >= 4 is 5.78 Å². The van der Waals surface area contributed by atoms with Crippen molar-refractivity contribution < 1.29 is 9.90 Å². The number of aliphatic hydroxyl groups is 1. The molecule has 0 spiro atoms. The van der Waals surface area contributed by atoms with E-state index in [1.807, 2.05) is 0 Å². The van der Waals surface area contributed by atoms with E-state index in [1.165, 1.54) is 0 Å². The van der Waals surface area contributed by atoms with Crippen molar-refractivity contribution in [2.24, 2.45) is 11.8 Å². The van der Waals surface area contributed by atoms with Gasteiger partial charge in [-0.25, -0.2) is 0 Å². The summed E-state index contributed by atoms with van der Waals surface area (Å²) in [7, 11) is 0. The number of fused-ring (bicyclic) bond motifs is 2. The van der Waals surface area contributed by atoms with Crippen LogP contribution in [0.5, 0.6) is 0 Å². The minimum atomic E-state index is -0.594. The summed E-state index contributed by atoms with van der Waals surface area (Å²) in [5.74, 6) is 0.652. The summed E-state index contributed by atoms with van der Waals surface area (Å²) in [6.07, 6.45) is 2.46. The third-order valence-corrected chi connectivity index (χ3v) is 2.61. The lowest BCUT2D eigenvalue weighted by Crippen LogP contribution is -2.26. The molecule has 50 valence electrons. The van der Waals surface area contributed by atoms with Crippen LogP contribution in [-0.4, -0.2) is 17.0 Å². The molecular weight excluding hydrogens is 116 g/mol. The number of ketones is 1. The normalized spacial score (nSPS) is 48.6. The summed E-state index contributed by atoms with van der Waals surface area (Å²) < 4.78 is 0. The Morgan fingerprint density at radius 3 is 2.56 bits per heavy atom. The highest BCUT2D eigenvalue weighted by atomic mass is 16.3. The van der Waals surface area contributed by atoms with Crippen LogP contribution in [0.4, 0.5) is 0 Å². The van der Waals surface area contributed by atoms with E-state index in [-0.39, 0.29) is 11.7 Å². The molecule has 2 bridgehead atoms. The summed E-state index contributed by atoms with van der Waals surface area (Å²) in [6, 6.07) is 0. The number of aliphatic hydroxyl groups excluding tert-OH is 1. The second kappa shape index (κ2) is 1.57. The maximum absolute atomic E-state index is 10.9. The molecule has 2 rings (SSSR count). The summed E-state index contributed by atoms with van der Waals surface area (Å²) in [5.41, 5.74) is 0. The first kappa shape index (κ1) is 5.42. The van der Waals surface area contributed by atoms with Crippen molar-refractivity contribution in [1.82, 2.24) is 0 Å². The SMILES string of the molecule is O=C1[C@H]2CC[C@@H](C2)[C@H]1O. The minimum Gasteiger partial charge on any atom is -0.385 e. The van der Waals surface area contributed by atoms with Gasteiger partial charge in [-0.2, -0.15) is 0 Å². The topological polar surface area (TPSA) is 37.3 Å². The molecule has 0 radical (unpaired) electrons. The Morgan fingerprint density at radius 2 is 2.22 bits per heavy atom. The van der Waals surface area contributed by atoms with Gasteiger partial charge in [0.25, 0.3) is 0 Å². The van der Waals surface area contributed by atoms with E-state index >= 15 is 0 Å². The Morgan fingerprint density at radius 1 is 1.44 bits per heavy atom. The first-order valence-corrected chi connectivity index (χ1v) is 3.51.